The Kier molecular flexibility index (Phi) is 4.77. The molecular formula is C14H18N2O4. The second kappa shape index (κ2) is 6.55. The zero-order valence-corrected chi connectivity index (χ0v) is 11.1. The molecular weight excluding hydrogens is 260 g/mol. The number of aromatic nitrogens is 2. The van der Waals surface area contributed by atoms with E-state index in [0.29, 0.717) is 18.9 Å². The highest BCUT2D eigenvalue weighted by Crippen LogP contribution is 2.27. The van der Waals surface area contributed by atoms with Crippen LogP contribution in [0.4, 0.5) is 0 Å². The van der Waals surface area contributed by atoms with Crippen molar-refractivity contribution in [3.05, 3.63) is 32.6 Å². The lowest BCUT2D eigenvalue weighted by atomic mass is 10.1. The van der Waals surface area contributed by atoms with Gasteiger partial charge in [-0.2, -0.15) is 0 Å². The lowest BCUT2D eigenvalue weighted by Gasteiger charge is -2.11. The number of hydrogen-bond acceptors (Lipinski definition) is 4. The summed E-state index contributed by atoms with van der Waals surface area (Å²) >= 11 is 0. The zero-order valence-electron chi connectivity index (χ0n) is 11.1. The van der Waals surface area contributed by atoms with Gasteiger partial charge in [0.1, 0.15) is 5.56 Å². The maximum Gasteiger partial charge on any atom is 0.328 e. The second-order valence-corrected chi connectivity index (χ2v) is 5.06. The summed E-state index contributed by atoms with van der Waals surface area (Å²) in [4.78, 5) is 25.5. The van der Waals surface area contributed by atoms with Gasteiger partial charge >= 0.3 is 5.69 Å². The highest BCUT2D eigenvalue weighted by Gasteiger charge is 2.18. The maximum atomic E-state index is 11.7. The summed E-state index contributed by atoms with van der Waals surface area (Å²) in [6.45, 7) is 0.0470. The zero-order chi connectivity index (χ0) is 14.5. The van der Waals surface area contributed by atoms with Crippen LogP contribution in [-0.2, 0) is 6.54 Å². The molecule has 0 atom stereocenters. The number of hydrogen-bond donors (Lipinski definition) is 3. The van der Waals surface area contributed by atoms with Crippen molar-refractivity contribution in [2.75, 3.05) is 13.2 Å². The standard InChI is InChI=1S/C14H18N2O4/c17-8-11(9-18)5-6-16-7-12(4-3-10-1-2-10)13(19)15-14(16)20/h7,10-11,17-18H,1-2,5-6,8-9H2,(H,15,19,20). The predicted molar refractivity (Wildman–Crippen MR) is 73.2 cm³/mol. The molecule has 1 heterocycles. The van der Waals surface area contributed by atoms with E-state index in [1.165, 1.54) is 10.8 Å². The van der Waals surface area contributed by atoms with Crippen molar-refractivity contribution in [3.63, 3.8) is 0 Å². The molecule has 0 radical (unpaired) electrons. The highest BCUT2D eigenvalue weighted by atomic mass is 16.3. The van der Waals surface area contributed by atoms with Crippen molar-refractivity contribution in [1.29, 1.82) is 0 Å². The van der Waals surface area contributed by atoms with Crippen LogP contribution in [-0.4, -0.2) is 33.0 Å². The summed E-state index contributed by atoms with van der Waals surface area (Å²) in [6.07, 6.45) is 4.04. The lowest BCUT2D eigenvalue weighted by molar-refractivity contribution is 0.140. The molecule has 108 valence electrons. The molecule has 0 amide bonds. The lowest BCUT2D eigenvalue weighted by Crippen LogP contribution is -2.32. The molecule has 0 spiro atoms. The van der Waals surface area contributed by atoms with Gasteiger partial charge in [-0.3, -0.25) is 14.3 Å². The fraction of sp³-hybridized carbons (Fsp3) is 0.571. The van der Waals surface area contributed by atoms with E-state index < -0.39 is 11.2 Å². The van der Waals surface area contributed by atoms with E-state index >= 15 is 0 Å². The van der Waals surface area contributed by atoms with E-state index in [-0.39, 0.29) is 24.7 Å². The van der Waals surface area contributed by atoms with Crippen molar-refractivity contribution in [3.8, 4) is 11.8 Å². The molecule has 6 nitrogen and oxygen atoms in total. The Morgan fingerprint density at radius 2 is 2.05 bits per heavy atom. The molecule has 3 N–H and O–H groups in total. The monoisotopic (exact) mass is 278 g/mol. The average molecular weight is 278 g/mol. The fourth-order valence-corrected chi connectivity index (χ4v) is 1.73. The van der Waals surface area contributed by atoms with Crippen LogP contribution in [0.5, 0.6) is 0 Å². The predicted octanol–water partition coefficient (Wildman–Crippen LogP) is -0.711. The molecule has 20 heavy (non-hydrogen) atoms. The first kappa shape index (κ1) is 14.6. The molecule has 1 fully saturated rings. The molecule has 0 aromatic carbocycles. The summed E-state index contributed by atoms with van der Waals surface area (Å²) in [5.41, 5.74) is -0.692. The topological polar surface area (TPSA) is 95.3 Å². The molecule has 0 saturated heterocycles. The van der Waals surface area contributed by atoms with E-state index in [0.717, 1.165) is 12.8 Å². The summed E-state index contributed by atoms with van der Waals surface area (Å²) in [5, 5.41) is 18.0. The van der Waals surface area contributed by atoms with Gasteiger partial charge in [0.25, 0.3) is 5.56 Å². The van der Waals surface area contributed by atoms with E-state index in [1.807, 2.05) is 0 Å². The summed E-state index contributed by atoms with van der Waals surface area (Å²) in [6, 6.07) is 0. The Bertz CT molecular complexity index is 627. The minimum atomic E-state index is -0.499. The number of aliphatic hydroxyl groups excluding tert-OH is 2. The van der Waals surface area contributed by atoms with Crippen molar-refractivity contribution < 1.29 is 10.2 Å². The molecule has 1 aromatic heterocycles. The van der Waals surface area contributed by atoms with Gasteiger partial charge in [0.2, 0.25) is 0 Å². The van der Waals surface area contributed by atoms with Crippen LogP contribution in [0, 0.1) is 23.7 Å². The molecule has 0 unspecified atom stereocenters. The van der Waals surface area contributed by atoms with Crippen molar-refractivity contribution >= 4 is 0 Å². The van der Waals surface area contributed by atoms with E-state index in [4.69, 9.17) is 10.2 Å². The summed E-state index contributed by atoms with van der Waals surface area (Å²) < 4.78 is 1.36. The minimum Gasteiger partial charge on any atom is -0.396 e. The first-order chi connectivity index (χ1) is 9.63. The van der Waals surface area contributed by atoms with Gasteiger partial charge in [0.15, 0.2) is 0 Å². The van der Waals surface area contributed by atoms with Crippen molar-refractivity contribution in [2.45, 2.75) is 25.8 Å². The molecule has 2 rings (SSSR count). The first-order valence-electron chi connectivity index (χ1n) is 6.71. The van der Waals surface area contributed by atoms with E-state index in [1.54, 1.807) is 0 Å². The number of rotatable bonds is 5. The van der Waals surface area contributed by atoms with Gasteiger partial charge in [0.05, 0.1) is 0 Å². The van der Waals surface area contributed by atoms with Crippen LogP contribution in [0.1, 0.15) is 24.8 Å². The third kappa shape index (κ3) is 3.83. The Balaban J connectivity index is 2.16. The Morgan fingerprint density at radius 3 is 2.65 bits per heavy atom. The third-order valence-corrected chi connectivity index (χ3v) is 3.29. The van der Waals surface area contributed by atoms with Gasteiger partial charge in [-0.05, 0) is 19.3 Å². The second-order valence-electron chi connectivity index (χ2n) is 5.06. The summed E-state index contributed by atoms with van der Waals surface area (Å²) in [7, 11) is 0. The van der Waals surface area contributed by atoms with Crippen LogP contribution in [0.2, 0.25) is 0 Å². The Labute approximate surface area is 116 Å². The third-order valence-electron chi connectivity index (χ3n) is 3.29. The van der Waals surface area contributed by atoms with Gasteiger partial charge in [-0.15, -0.1) is 0 Å². The van der Waals surface area contributed by atoms with Gasteiger partial charge in [-0.1, -0.05) is 11.8 Å². The van der Waals surface area contributed by atoms with Gasteiger partial charge < -0.3 is 10.2 Å². The number of aromatic amines is 1. The van der Waals surface area contributed by atoms with E-state index in [2.05, 4.69) is 16.8 Å². The number of aryl methyl sites for hydroxylation is 1. The number of aliphatic hydroxyl groups is 2. The first-order valence-corrected chi connectivity index (χ1v) is 6.71. The van der Waals surface area contributed by atoms with Gasteiger partial charge in [0, 0.05) is 37.8 Å². The SMILES string of the molecule is O=c1[nH]c(=O)n(CCC(CO)CO)cc1C#CC1CC1. The van der Waals surface area contributed by atoms with Gasteiger partial charge in [-0.25, -0.2) is 4.79 Å². The Hall–Kier alpha value is -1.84. The summed E-state index contributed by atoms with van der Waals surface area (Å²) in [5.74, 6) is 5.90. The normalized spacial score (nSPS) is 14.2. The maximum absolute atomic E-state index is 11.7. The molecule has 1 saturated carbocycles. The smallest absolute Gasteiger partial charge is 0.328 e. The highest BCUT2D eigenvalue weighted by molar-refractivity contribution is 5.31. The number of nitrogens with one attached hydrogen (secondary N) is 1. The van der Waals surface area contributed by atoms with E-state index in [9.17, 15) is 9.59 Å². The van der Waals surface area contributed by atoms with Crippen LogP contribution < -0.4 is 11.2 Å². The quantitative estimate of drug-likeness (QED) is 0.620. The molecule has 1 aliphatic rings. The molecule has 1 aromatic rings. The molecule has 0 bridgehead atoms. The number of nitrogens with zero attached hydrogens (tertiary/aromatic N) is 1. The van der Waals surface area contributed by atoms with Crippen molar-refractivity contribution in [1.82, 2.24) is 9.55 Å². The van der Waals surface area contributed by atoms with Crippen LogP contribution >= 0.6 is 0 Å². The molecule has 1 aliphatic carbocycles. The fourth-order valence-electron chi connectivity index (χ4n) is 1.73. The van der Waals surface area contributed by atoms with Crippen LogP contribution in [0.15, 0.2) is 15.8 Å². The molecule has 6 heteroatoms. The van der Waals surface area contributed by atoms with Crippen LogP contribution in [0.3, 0.4) is 0 Å². The molecule has 0 aliphatic heterocycles. The van der Waals surface area contributed by atoms with Crippen molar-refractivity contribution in [2.24, 2.45) is 11.8 Å². The largest absolute Gasteiger partial charge is 0.396 e. The average Bonchev–Trinajstić information content (AvgIpc) is 3.25. The Morgan fingerprint density at radius 1 is 1.35 bits per heavy atom. The van der Waals surface area contributed by atoms with Crippen LogP contribution in [0.25, 0.3) is 0 Å². The minimum absolute atomic E-state index is 0.136. The number of H-pyrrole nitrogens is 1.